The number of hydroxylamine groups is 1. The number of nitrogens with two attached hydrogens (primary N) is 1. The van der Waals surface area contributed by atoms with Crippen molar-refractivity contribution in [1.82, 2.24) is 14.7 Å². The van der Waals surface area contributed by atoms with Crippen LogP contribution in [-0.4, -0.2) is 54.2 Å². The zero-order valence-electron chi connectivity index (χ0n) is 24.8. The Bertz CT molecular complexity index is 1240. The Hall–Kier alpha value is -2.63. The second kappa shape index (κ2) is 13.8. The molecular weight excluding hydrogens is 528 g/mol. The molecular formula is C30H46N4O5S. The summed E-state index contributed by atoms with van der Waals surface area (Å²) in [6.07, 6.45) is 1.60. The summed E-state index contributed by atoms with van der Waals surface area (Å²) in [4.78, 5) is 27.7. The minimum Gasteiger partial charge on any atom is -0.311 e. The minimum atomic E-state index is -4.67. The molecule has 0 aliphatic heterocycles. The number of carbonyl (C=O) groups excluding carboxylic acids is 2. The van der Waals surface area contributed by atoms with Crippen molar-refractivity contribution in [3.8, 4) is 0 Å². The van der Waals surface area contributed by atoms with Crippen molar-refractivity contribution >= 4 is 21.8 Å². The number of nitrogens with one attached hydrogen (secondary N) is 1. The Morgan fingerprint density at radius 2 is 1.57 bits per heavy atom. The summed E-state index contributed by atoms with van der Waals surface area (Å²) in [5.74, 6) is -4.35. The molecule has 2 aromatic rings. The summed E-state index contributed by atoms with van der Waals surface area (Å²) in [7, 11) is -3.13. The maximum Gasteiger partial charge on any atom is 0.268 e. The van der Waals surface area contributed by atoms with Gasteiger partial charge < -0.3 is 5.32 Å². The third-order valence-corrected chi connectivity index (χ3v) is 8.31. The van der Waals surface area contributed by atoms with Gasteiger partial charge in [0.05, 0.1) is 11.4 Å². The first-order valence-corrected chi connectivity index (χ1v) is 15.1. The summed E-state index contributed by atoms with van der Waals surface area (Å²) in [6, 6.07) is 15.5. The standard InChI is InChI=1S/C30H46N4O5S/c1-22(2)16-17-25-14-11-15-26(19-25)40(38,39)34(37)30(31,23(3)18-24-12-9-8-10-13-24)33(28(36)21-32-7)27(35)20-29(4,5)6/h8-15,19,22-23,32,37H,16-18,20-21,31H2,1-7H3/t23-,30+/m1/s1. The van der Waals surface area contributed by atoms with Gasteiger partial charge in [-0.05, 0) is 65.4 Å². The number of sulfonamides is 1. The second-order valence-corrected chi connectivity index (χ2v) is 13.9. The van der Waals surface area contributed by atoms with Gasteiger partial charge in [0.25, 0.3) is 10.0 Å². The van der Waals surface area contributed by atoms with Gasteiger partial charge >= 0.3 is 0 Å². The van der Waals surface area contributed by atoms with Crippen LogP contribution in [0.5, 0.6) is 0 Å². The van der Waals surface area contributed by atoms with Crippen LogP contribution in [0.3, 0.4) is 0 Å². The number of aryl methyl sites for hydroxylation is 1. The van der Waals surface area contributed by atoms with Crippen LogP contribution in [0.25, 0.3) is 0 Å². The summed E-state index contributed by atoms with van der Waals surface area (Å²) >= 11 is 0. The molecule has 0 spiro atoms. The van der Waals surface area contributed by atoms with E-state index in [1.54, 1.807) is 13.0 Å². The van der Waals surface area contributed by atoms with Crippen molar-refractivity contribution in [1.29, 1.82) is 0 Å². The molecule has 0 radical (unpaired) electrons. The molecule has 4 N–H and O–H groups in total. The van der Waals surface area contributed by atoms with Gasteiger partial charge in [0.1, 0.15) is 0 Å². The first-order valence-electron chi connectivity index (χ1n) is 13.7. The average Bonchev–Trinajstić information content (AvgIpc) is 2.86. The normalized spacial score (nSPS) is 14.7. The predicted molar refractivity (Wildman–Crippen MR) is 156 cm³/mol. The highest BCUT2D eigenvalue weighted by molar-refractivity contribution is 7.89. The highest BCUT2D eigenvalue weighted by atomic mass is 32.2. The molecule has 10 heteroatoms. The van der Waals surface area contributed by atoms with Crippen LogP contribution in [0.1, 0.15) is 65.5 Å². The number of hydrogen-bond acceptors (Lipinski definition) is 7. The molecule has 40 heavy (non-hydrogen) atoms. The van der Waals surface area contributed by atoms with Gasteiger partial charge in [-0.15, -0.1) is 0 Å². The number of likely N-dealkylation sites (N-methyl/N-ethyl adjacent to an activating group) is 1. The number of rotatable bonds is 13. The molecule has 0 aliphatic carbocycles. The van der Waals surface area contributed by atoms with Gasteiger partial charge in [-0.2, -0.15) is 0 Å². The van der Waals surface area contributed by atoms with E-state index in [0.717, 1.165) is 22.4 Å². The highest BCUT2D eigenvalue weighted by Crippen LogP contribution is 2.33. The quantitative estimate of drug-likeness (QED) is 0.242. The molecule has 0 unspecified atom stereocenters. The lowest BCUT2D eigenvalue weighted by molar-refractivity contribution is -0.198. The average molecular weight is 575 g/mol. The summed E-state index contributed by atoms with van der Waals surface area (Å²) in [5, 5.41) is 14.3. The SMILES string of the molecule is CNCC(=O)N(C(=O)CC(C)(C)C)[C@@](N)([C@H](C)Cc1ccccc1)N(O)S(=O)(=O)c1cccc(CCC(C)C)c1. The Morgan fingerprint density at radius 1 is 0.975 bits per heavy atom. The van der Waals surface area contributed by atoms with Crippen LogP contribution in [-0.2, 0) is 32.5 Å². The molecule has 0 aromatic heterocycles. The van der Waals surface area contributed by atoms with E-state index in [0.29, 0.717) is 12.3 Å². The molecule has 0 heterocycles. The molecule has 2 rings (SSSR count). The van der Waals surface area contributed by atoms with E-state index in [-0.39, 0.29) is 28.8 Å². The molecule has 2 amide bonds. The fourth-order valence-electron chi connectivity index (χ4n) is 4.52. The fraction of sp³-hybridized carbons (Fsp3) is 0.533. The molecule has 2 aromatic carbocycles. The Balaban J connectivity index is 2.70. The molecule has 9 nitrogen and oxygen atoms in total. The third-order valence-electron chi connectivity index (χ3n) is 6.72. The molecule has 0 saturated carbocycles. The monoisotopic (exact) mass is 574 g/mol. The fourth-order valence-corrected chi connectivity index (χ4v) is 5.92. The lowest BCUT2D eigenvalue weighted by Crippen LogP contribution is -2.74. The van der Waals surface area contributed by atoms with E-state index >= 15 is 0 Å². The number of carbonyl (C=O) groups is 2. The molecule has 2 atom stereocenters. The summed E-state index contributed by atoms with van der Waals surface area (Å²) in [5.41, 5.74) is 7.89. The van der Waals surface area contributed by atoms with Crippen molar-refractivity contribution in [2.45, 2.75) is 77.9 Å². The summed E-state index contributed by atoms with van der Waals surface area (Å²) in [6.45, 7) is 11.0. The van der Waals surface area contributed by atoms with Crippen molar-refractivity contribution < 1.29 is 23.2 Å². The number of hydrogen-bond donors (Lipinski definition) is 3. The van der Waals surface area contributed by atoms with E-state index in [9.17, 15) is 23.2 Å². The number of amides is 2. The number of nitrogens with zero attached hydrogens (tertiary/aromatic N) is 2. The van der Waals surface area contributed by atoms with E-state index in [4.69, 9.17) is 5.73 Å². The van der Waals surface area contributed by atoms with Gasteiger partial charge in [-0.25, -0.2) is 13.3 Å². The Morgan fingerprint density at radius 3 is 2.12 bits per heavy atom. The van der Waals surface area contributed by atoms with Gasteiger partial charge in [0.15, 0.2) is 5.79 Å². The minimum absolute atomic E-state index is 0.0171. The number of benzene rings is 2. The molecule has 222 valence electrons. The molecule has 0 fully saturated rings. The highest BCUT2D eigenvalue weighted by Gasteiger charge is 2.54. The van der Waals surface area contributed by atoms with Gasteiger partial charge in [-0.1, -0.05) is 84.0 Å². The predicted octanol–water partition coefficient (Wildman–Crippen LogP) is 4.16. The lowest BCUT2D eigenvalue weighted by Gasteiger charge is -2.47. The molecule has 0 saturated heterocycles. The summed E-state index contributed by atoms with van der Waals surface area (Å²) < 4.78 is 27.9. The van der Waals surface area contributed by atoms with Crippen LogP contribution >= 0.6 is 0 Å². The number of imide groups is 1. The maximum absolute atomic E-state index is 13.9. The van der Waals surface area contributed by atoms with E-state index in [1.165, 1.54) is 19.2 Å². The maximum atomic E-state index is 13.9. The molecule has 0 aliphatic rings. The zero-order valence-corrected chi connectivity index (χ0v) is 25.7. The van der Waals surface area contributed by atoms with Crippen molar-refractivity contribution in [3.63, 3.8) is 0 Å². The molecule has 0 bridgehead atoms. The third kappa shape index (κ3) is 8.44. The van der Waals surface area contributed by atoms with Crippen molar-refractivity contribution in [2.24, 2.45) is 23.0 Å². The van der Waals surface area contributed by atoms with Crippen LogP contribution in [0.2, 0.25) is 0 Å². The van der Waals surface area contributed by atoms with E-state index in [1.807, 2.05) is 57.2 Å². The zero-order chi connectivity index (χ0) is 30.3. The van der Waals surface area contributed by atoms with Crippen LogP contribution in [0, 0.1) is 17.3 Å². The first kappa shape index (κ1) is 33.6. The van der Waals surface area contributed by atoms with Crippen molar-refractivity contribution in [2.75, 3.05) is 13.6 Å². The topological polar surface area (TPSA) is 133 Å². The smallest absolute Gasteiger partial charge is 0.268 e. The van der Waals surface area contributed by atoms with Crippen LogP contribution in [0.4, 0.5) is 0 Å². The van der Waals surface area contributed by atoms with E-state index in [2.05, 4.69) is 19.2 Å². The second-order valence-electron chi connectivity index (χ2n) is 12.1. The van der Waals surface area contributed by atoms with E-state index < -0.39 is 39.0 Å². The Kier molecular flexibility index (Phi) is 11.6. The van der Waals surface area contributed by atoms with Gasteiger partial charge in [0.2, 0.25) is 11.8 Å². The van der Waals surface area contributed by atoms with Gasteiger partial charge in [0, 0.05) is 12.3 Å². The largest absolute Gasteiger partial charge is 0.311 e. The van der Waals surface area contributed by atoms with Crippen molar-refractivity contribution in [3.05, 3.63) is 65.7 Å². The van der Waals surface area contributed by atoms with Crippen LogP contribution in [0.15, 0.2) is 59.5 Å². The first-order chi connectivity index (χ1) is 18.5. The lowest BCUT2D eigenvalue weighted by atomic mass is 9.89. The Labute approximate surface area is 239 Å². The van der Waals surface area contributed by atoms with Crippen LogP contribution < -0.4 is 11.1 Å². The van der Waals surface area contributed by atoms with Gasteiger partial charge in [-0.3, -0.25) is 20.5 Å².